The summed E-state index contributed by atoms with van der Waals surface area (Å²) in [5.74, 6) is 2.01. The molecule has 0 radical (unpaired) electrons. The van der Waals surface area contributed by atoms with Gasteiger partial charge in [-0.2, -0.15) is 0 Å². The molecule has 0 aromatic heterocycles. The van der Waals surface area contributed by atoms with Gasteiger partial charge in [-0.15, -0.1) is 6.42 Å². The van der Waals surface area contributed by atoms with Crippen molar-refractivity contribution in [1.82, 2.24) is 0 Å². The quantitative estimate of drug-likeness (QED) is 0.481. The minimum atomic E-state index is -1.24. The molecule has 0 nitrogen and oxygen atoms in total. The smallest absolute Gasteiger partial charge is 0.210 e. The third-order valence-electron chi connectivity index (χ3n) is 1.11. The molecule has 0 bridgehead atoms. The monoisotopic (exact) mass is 166 g/mol. The maximum Gasteiger partial charge on any atom is 0.210 e. The molecule has 1 rings (SSSR count). The van der Waals surface area contributed by atoms with E-state index in [1.165, 1.54) is 0 Å². The highest BCUT2D eigenvalue weighted by Crippen LogP contribution is 2.22. The van der Waals surface area contributed by atoms with Crippen molar-refractivity contribution >= 4 is 11.8 Å². The number of thioether (sulfide) groups is 1. The number of alkyl halides is 1. The second kappa shape index (κ2) is 4.05. The molecule has 2 heteroatoms. The van der Waals surface area contributed by atoms with Crippen LogP contribution in [0.15, 0.2) is 35.2 Å². The Balaban J connectivity index is 2.60. The van der Waals surface area contributed by atoms with Crippen LogP contribution in [-0.2, 0) is 0 Å². The molecule has 56 valence electrons. The molecule has 0 amide bonds. The Bertz CT molecular complexity index is 250. The fourth-order valence-electron chi connectivity index (χ4n) is 0.653. The average molecular weight is 166 g/mol. The van der Waals surface area contributed by atoms with Gasteiger partial charge in [0.05, 0.1) is 0 Å². The van der Waals surface area contributed by atoms with E-state index >= 15 is 0 Å². The number of benzene rings is 1. The highest BCUT2D eigenvalue weighted by molar-refractivity contribution is 8.00. The maximum atomic E-state index is 12.5. The molecule has 0 fully saturated rings. The van der Waals surface area contributed by atoms with Gasteiger partial charge in [0.1, 0.15) is 0 Å². The molecular weight excluding hydrogens is 159 g/mol. The van der Waals surface area contributed by atoms with Gasteiger partial charge in [-0.05, 0) is 12.1 Å². The summed E-state index contributed by atoms with van der Waals surface area (Å²) in [4.78, 5) is 0.859. The van der Waals surface area contributed by atoms with Gasteiger partial charge in [-0.25, -0.2) is 4.39 Å². The number of rotatable bonds is 2. The Hall–Kier alpha value is -0.940. The van der Waals surface area contributed by atoms with E-state index in [9.17, 15) is 4.39 Å². The van der Waals surface area contributed by atoms with Gasteiger partial charge >= 0.3 is 0 Å². The van der Waals surface area contributed by atoms with E-state index in [4.69, 9.17) is 6.42 Å². The van der Waals surface area contributed by atoms with Crippen molar-refractivity contribution in [3.05, 3.63) is 30.3 Å². The standard InChI is InChI=1S/C9H7FS/c1-2-9(10)11-8-6-4-3-5-7-8/h1,3-7,9H. The van der Waals surface area contributed by atoms with E-state index in [1.807, 2.05) is 36.3 Å². The molecular formula is C9H7FS. The first-order valence-electron chi connectivity index (χ1n) is 3.15. The van der Waals surface area contributed by atoms with Crippen molar-refractivity contribution in [1.29, 1.82) is 0 Å². The molecule has 0 aliphatic carbocycles. The minimum Gasteiger partial charge on any atom is -0.221 e. The van der Waals surface area contributed by atoms with Gasteiger partial charge < -0.3 is 0 Å². The molecule has 1 unspecified atom stereocenters. The molecule has 1 atom stereocenters. The topological polar surface area (TPSA) is 0 Å². The molecule has 0 saturated carbocycles. The van der Waals surface area contributed by atoms with Crippen molar-refractivity contribution in [2.45, 2.75) is 10.4 Å². The molecule has 0 aliphatic rings. The molecule has 0 aliphatic heterocycles. The van der Waals surface area contributed by atoms with Gasteiger partial charge in [0.25, 0.3) is 0 Å². The molecule has 0 N–H and O–H groups in total. The van der Waals surface area contributed by atoms with Crippen molar-refractivity contribution in [2.75, 3.05) is 0 Å². The maximum absolute atomic E-state index is 12.5. The van der Waals surface area contributed by atoms with Crippen molar-refractivity contribution in [3.63, 3.8) is 0 Å². The van der Waals surface area contributed by atoms with E-state index in [1.54, 1.807) is 0 Å². The third-order valence-corrected chi connectivity index (χ3v) is 2.00. The van der Waals surface area contributed by atoms with Crippen LogP contribution in [0.1, 0.15) is 0 Å². The lowest BCUT2D eigenvalue weighted by Gasteiger charge is -1.98. The fraction of sp³-hybridized carbons (Fsp3) is 0.111. The summed E-state index contributed by atoms with van der Waals surface area (Å²) in [6.45, 7) is 0. The lowest BCUT2D eigenvalue weighted by Crippen LogP contribution is -1.85. The zero-order valence-corrected chi connectivity index (χ0v) is 6.64. The summed E-state index contributed by atoms with van der Waals surface area (Å²) in [5.41, 5.74) is -1.24. The predicted octanol–water partition coefficient (Wildman–Crippen LogP) is 2.71. The molecule has 0 spiro atoms. The Morgan fingerprint density at radius 2 is 2.00 bits per heavy atom. The van der Waals surface area contributed by atoms with Crippen molar-refractivity contribution < 1.29 is 4.39 Å². The highest BCUT2D eigenvalue weighted by atomic mass is 32.2. The second-order valence-electron chi connectivity index (χ2n) is 1.91. The summed E-state index contributed by atoms with van der Waals surface area (Å²) in [7, 11) is 0. The van der Waals surface area contributed by atoms with E-state index in [0.29, 0.717) is 0 Å². The summed E-state index contributed by atoms with van der Waals surface area (Å²) in [6.07, 6.45) is 4.87. The SMILES string of the molecule is C#CC(F)Sc1ccccc1. The molecule has 1 aromatic rings. The summed E-state index contributed by atoms with van der Waals surface area (Å²) in [6, 6.07) is 9.24. The second-order valence-corrected chi connectivity index (χ2v) is 3.03. The van der Waals surface area contributed by atoms with E-state index < -0.39 is 5.50 Å². The zero-order chi connectivity index (χ0) is 8.10. The van der Waals surface area contributed by atoms with E-state index in [2.05, 4.69) is 0 Å². The normalized spacial score (nSPS) is 12.0. The summed E-state index contributed by atoms with van der Waals surface area (Å²) >= 11 is 1.04. The Morgan fingerprint density at radius 1 is 1.36 bits per heavy atom. The zero-order valence-electron chi connectivity index (χ0n) is 5.83. The van der Waals surface area contributed by atoms with Crippen LogP contribution in [0.5, 0.6) is 0 Å². The van der Waals surface area contributed by atoms with Crippen LogP contribution in [0.2, 0.25) is 0 Å². The Kier molecular flexibility index (Phi) is 3.00. The number of hydrogen-bond acceptors (Lipinski definition) is 1. The summed E-state index contributed by atoms with van der Waals surface area (Å²) in [5, 5.41) is 0. The lowest BCUT2D eigenvalue weighted by molar-refractivity contribution is 0.532. The highest BCUT2D eigenvalue weighted by Gasteiger charge is 2.01. The Labute approximate surface area is 69.8 Å². The van der Waals surface area contributed by atoms with Crippen LogP contribution in [0.3, 0.4) is 0 Å². The average Bonchev–Trinajstić information content (AvgIpc) is 2.06. The first kappa shape index (κ1) is 8.16. The molecule has 0 saturated heterocycles. The molecule has 1 aromatic carbocycles. The molecule has 0 heterocycles. The third kappa shape index (κ3) is 2.65. The number of hydrogen-bond donors (Lipinski definition) is 0. The van der Waals surface area contributed by atoms with Gasteiger partial charge in [0.2, 0.25) is 5.50 Å². The van der Waals surface area contributed by atoms with Gasteiger partial charge in [0.15, 0.2) is 0 Å². The fourth-order valence-corrected chi connectivity index (χ4v) is 1.27. The minimum absolute atomic E-state index is 0.859. The first-order chi connectivity index (χ1) is 5.33. The van der Waals surface area contributed by atoms with Crippen molar-refractivity contribution in [3.8, 4) is 12.3 Å². The van der Waals surface area contributed by atoms with Crippen LogP contribution in [-0.4, -0.2) is 5.50 Å². The largest absolute Gasteiger partial charge is 0.221 e. The van der Waals surface area contributed by atoms with Crippen LogP contribution in [0, 0.1) is 12.3 Å². The van der Waals surface area contributed by atoms with Crippen LogP contribution in [0.4, 0.5) is 4.39 Å². The predicted molar refractivity (Wildman–Crippen MR) is 46.0 cm³/mol. The van der Waals surface area contributed by atoms with Gasteiger partial charge in [-0.3, -0.25) is 0 Å². The first-order valence-corrected chi connectivity index (χ1v) is 4.03. The van der Waals surface area contributed by atoms with E-state index in [-0.39, 0.29) is 0 Å². The van der Waals surface area contributed by atoms with Gasteiger partial charge in [-0.1, -0.05) is 35.9 Å². The number of terminal acetylenes is 1. The van der Waals surface area contributed by atoms with Crippen LogP contribution in [0.25, 0.3) is 0 Å². The van der Waals surface area contributed by atoms with Gasteiger partial charge in [0, 0.05) is 4.90 Å². The summed E-state index contributed by atoms with van der Waals surface area (Å²) < 4.78 is 12.5. The van der Waals surface area contributed by atoms with E-state index in [0.717, 1.165) is 16.7 Å². The van der Waals surface area contributed by atoms with Crippen molar-refractivity contribution in [2.24, 2.45) is 0 Å². The lowest BCUT2D eigenvalue weighted by atomic mass is 10.4. The molecule has 11 heavy (non-hydrogen) atoms. The Morgan fingerprint density at radius 3 is 2.55 bits per heavy atom. The van der Waals surface area contributed by atoms with Crippen LogP contribution >= 0.6 is 11.8 Å². The number of halogens is 1. The van der Waals surface area contributed by atoms with Crippen LogP contribution < -0.4 is 0 Å².